The Labute approximate surface area is 106 Å². The molecule has 0 saturated heterocycles. The first-order valence-corrected chi connectivity index (χ1v) is 8.67. The van der Waals surface area contributed by atoms with E-state index < -0.39 is 10.1 Å². The highest BCUT2D eigenvalue weighted by Gasteiger charge is 2.20. The van der Waals surface area contributed by atoms with Crippen molar-refractivity contribution < 1.29 is 12.6 Å². The van der Waals surface area contributed by atoms with Gasteiger partial charge in [0, 0.05) is 0 Å². The van der Waals surface area contributed by atoms with Crippen molar-refractivity contribution in [3.05, 3.63) is 0 Å². The first-order chi connectivity index (χ1) is 8.01. The second-order valence-electron chi connectivity index (χ2n) is 5.34. The summed E-state index contributed by atoms with van der Waals surface area (Å²) >= 11 is 0. The molecule has 0 N–H and O–H groups in total. The van der Waals surface area contributed by atoms with Crippen molar-refractivity contribution in [3.8, 4) is 0 Å². The number of hydrogen-bond acceptors (Lipinski definition) is 3. The van der Waals surface area contributed by atoms with Crippen molar-refractivity contribution >= 4 is 10.1 Å². The molecule has 0 spiro atoms. The SMILES string of the molecule is CCCC1CCC(CCCOS(C)(=O)=O)CC1. The van der Waals surface area contributed by atoms with E-state index in [9.17, 15) is 8.42 Å². The third-order valence-electron chi connectivity index (χ3n) is 3.72. The molecule has 0 aromatic carbocycles. The topological polar surface area (TPSA) is 43.4 Å². The molecule has 102 valence electrons. The fraction of sp³-hybridized carbons (Fsp3) is 1.00. The van der Waals surface area contributed by atoms with Crippen LogP contribution < -0.4 is 0 Å². The van der Waals surface area contributed by atoms with Gasteiger partial charge in [-0.1, -0.05) is 45.4 Å². The molecule has 1 rings (SSSR count). The average molecular weight is 262 g/mol. The molecule has 1 fully saturated rings. The molecule has 1 aliphatic rings. The Balaban J connectivity index is 2.06. The van der Waals surface area contributed by atoms with Crippen LogP contribution in [0.15, 0.2) is 0 Å². The number of rotatable bonds is 7. The summed E-state index contributed by atoms with van der Waals surface area (Å²) in [6.45, 7) is 2.61. The van der Waals surface area contributed by atoms with E-state index in [-0.39, 0.29) is 0 Å². The summed E-state index contributed by atoms with van der Waals surface area (Å²) in [5.74, 6) is 1.75. The zero-order chi connectivity index (χ0) is 12.7. The predicted octanol–water partition coefficient (Wildman–Crippen LogP) is 3.35. The van der Waals surface area contributed by atoms with Gasteiger partial charge in [0.05, 0.1) is 12.9 Å². The molecule has 4 heteroatoms. The molecule has 1 saturated carbocycles. The van der Waals surface area contributed by atoms with Crippen LogP contribution in [0.2, 0.25) is 0 Å². The van der Waals surface area contributed by atoms with Crippen LogP contribution in [-0.4, -0.2) is 21.3 Å². The van der Waals surface area contributed by atoms with Gasteiger partial charge in [0.2, 0.25) is 0 Å². The second kappa shape index (κ2) is 7.37. The first-order valence-electron chi connectivity index (χ1n) is 6.85. The highest BCUT2D eigenvalue weighted by Crippen LogP contribution is 2.33. The minimum absolute atomic E-state index is 0.355. The molecule has 3 nitrogen and oxygen atoms in total. The van der Waals surface area contributed by atoms with Gasteiger partial charge in [0.25, 0.3) is 10.1 Å². The van der Waals surface area contributed by atoms with Gasteiger partial charge in [-0.15, -0.1) is 0 Å². The molecule has 0 radical (unpaired) electrons. The van der Waals surface area contributed by atoms with Gasteiger partial charge in [-0.05, 0) is 24.7 Å². The molecule has 0 aromatic rings. The molecule has 0 aromatic heterocycles. The third kappa shape index (κ3) is 7.04. The van der Waals surface area contributed by atoms with Gasteiger partial charge < -0.3 is 0 Å². The lowest BCUT2D eigenvalue weighted by Gasteiger charge is -2.28. The molecule has 0 bridgehead atoms. The van der Waals surface area contributed by atoms with Crippen LogP contribution in [0, 0.1) is 11.8 Å². The molecule has 0 aliphatic heterocycles. The predicted molar refractivity (Wildman–Crippen MR) is 70.4 cm³/mol. The minimum atomic E-state index is -3.24. The lowest BCUT2D eigenvalue weighted by molar-refractivity contribution is 0.232. The third-order valence-corrected chi connectivity index (χ3v) is 4.31. The van der Waals surface area contributed by atoms with Crippen molar-refractivity contribution in [1.29, 1.82) is 0 Å². The average Bonchev–Trinajstić information content (AvgIpc) is 2.26. The van der Waals surface area contributed by atoms with E-state index in [1.165, 1.54) is 38.5 Å². The maximum Gasteiger partial charge on any atom is 0.264 e. The largest absolute Gasteiger partial charge is 0.270 e. The maximum absolute atomic E-state index is 10.8. The van der Waals surface area contributed by atoms with Crippen molar-refractivity contribution in [2.75, 3.05) is 12.9 Å². The Bertz CT molecular complexity index is 290. The van der Waals surface area contributed by atoms with Gasteiger partial charge in [-0.2, -0.15) is 8.42 Å². The smallest absolute Gasteiger partial charge is 0.264 e. The normalized spacial score (nSPS) is 26.0. The second-order valence-corrected chi connectivity index (χ2v) is 6.99. The molecule has 0 amide bonds. The van der Waals surface area contributed by atoms with E-state index >= 15 is 0 Å². The Hall–Kier alpha value is -0.0900. The zero-order valence-electron chi connectivity index (χ0n) is 11.2. The Kier molecular flexibility index (Phi) is 6.49. The highest BCUT2D eigenvalue weighted by molar-refractivity contribution is 7.85. The lowest BCUT2D eigenvalue weighted by atomic mass is 9.78. The van der Waals surface area contributed by atoms with E-state index in [1.807, 2.05) is 0 Å². The molecule has 1 aliphatic carbocycles. The summed E-state index contributed by atoms with van der Waals surface area (Å²) in [5.41, 5.74) is 0. The van der Waals surface area contributed by atoms with Gasteiger partial charge in [0.1, 0.15) is 0 Å². The van der Waals surface area contributed by atoms with Crippen LogP contribution in [0.4, 0.5) is 0 Å². The summed E-state index contributed by atoms with van der Waals surface area (Å²) in [5, 5.41) is 0. The Morgan fingerprint density at radius 1 is 1.06 bits per heavy atom. The van der Waals surface area contributed by atoms with Gasteiger partial charge in [-0.25, -0.2) is 0 Å². The van der Waals surface area contributed by atoms with E-state index in [0.717, 1.165) is 30.9 Å². The molecular weight excluding hydrogens is 236 g/mol. The summed E-state index contributed by atoms with van der Waals surface area (Å²) in [6, 6.07) is 0. The minimum Gasteiger partial charge on any atom is -0.270 e. The molecule has 17 heavy (non-hydrogen) atoms. The highest BCUT2D eigenvalue weighted by atomic mass is 32.2. The van der Waals surface area contributed by atoms with E-state index in [1.54, 1.807) is 0 Å². The Morgan fingerprint density at radius 2 is 1.59 bits per heavy atom. The Morgan fingerprint density at radius 3 is 2.06 bits per heavy atom. The summed E-state index contributed by atoms with van der Waals surface area (Å²) in [4.78, 5) is 0. The van der Waals surface area contributed by atoms with Crippen LogP contribution in [0.1, 0.15) is 58.3 Å². The fourth-order valence-electron chi connectivity index (χ4n) is 2.80. The van der Waals surface area contributed by atoms with E-state index in [4.69, 9.17) is 4.18 Å². The molecular formula is C13H26O3S. The van der Waals surface area contributed by atoms with E-state index in [2.05, 4.69) is 6.92 Å². The van der Waals surface area contributed by atoms with Crippen LogP contribution >= 0.6 is 0 Å². The quantitative estimate of drug-likeness (QED) is 0.522. The van der Waals surface area contributed by atoms with Crippen LogP contribution in [0.25, 0.3) is 0 Å². The molecule has 0 unspecified atom stereocenters. The van der Waals surface area contributed by atoms with Crippen molar-refractivity contribution in [1.82, 2.24) is 0 Å². The lowest BCUT2D eigenvalue weighted by Crippen LogP contribution is -2.15. The first kappa shape index (κ1) is 15.0. The van der Waals surface area contributed by atoms with Crippen molar-refractivity contribution in [2.45, 2.75) is 58.3 Å². The van der Waals surface area contributed by atoms with Crippen molar-refractivity contribution in [3.63, 3.8) is 0 Å². The van der Waals surface area contributed by atoms with Crippen molar-refractivity contribution in [2.24, 2.45) is 11.8 Å². The number of hydrogen-bond donors (Lipinski definition) is 0. The van der Waals surface area contributed by atoms with Gasteiger partial charge in [-0.3, -0.25) is 4.18 Å². The van der Waals surface area contributed by atoms with Gasteiger partial charge in [0.15, 0.2) is 0 Å². The zero-order valence-corrected chi connectivity index (χ0v) is 12.0. The molecule has 0 atom stereocenters. The fourth-order valence-corrected chi connectivity index (χ4v) is 3.22. The maximum atomic E-state index is 10.8. The summed E-state index contributed by atoms with van der Waals surface area (Å²) in [7, 11) is -3.24. The monoisotopic (exact) mass is 262 g/mol. The standard InChI is InChI=1S/C13H26O3S/c1-3-5-12-7-9-13(10-8-12)6-4-11-16-17(2,14)15/h12-13H,3-11H2,1-2H3. The molecule has 0 heterocycles. The summed E-state index contributed by atoms with van der Waals surface area (Å²) in [6.07, 6.45) is 11.2. The van der Waals surface area contributed by atoms with Crippen LogP contribution in [-0.2, 0) is 14.3 Å². The van der Waals surface area contributed by atoms with Crippen LogP contribution in [0.3, 0.4) is 0 Å². The van der Waals surface area contributed by atoms with Crippen LogP contribution in [0.5, 0.6) is 0 Å². The van der Waals surface area contributed by atoms with E-state index in [0.29, 0.717) is 6.61 Å². The summed E-state index contributed by atoms with van der Waals surface area (Å²) < 4.78 is 26.3. The van der Waals surface area contributed by atoms with Gasteiger partial charge >= 0.3 is 0 Å².